The summed E-state index contributed by atoms with van der Waals surface area (Å²) < 4.78 is 20.3. The first-order valence-electron chi connectivity index (χ1n) is 28.3. The van der Waals surface area contributed by atoms with E-state index in [1.165, 1.54) is 59.1 Å². The summed E-state index contributed by atoms with van der Waals surface area (Å²) in [4.78, 5) is 7.45. The molecule has 0 saturated carbocycles. The van der Waals surface area contributed by atoms with E-state index in [1.807, 2.05) is 11.3 Å². The lowest BCUT2D eigenvalue weighted by Crippen LogP contribution is -2.61. The number of allylic oxidation sites excluding steroid dienone is 1. The van der Waals surface area contributed by atoms with E-state index in [0.717, 1.165) is 95.9 Å². The first kappa shape index (κ1) is 45.9. The molecule has 4 aliphatic heterocycles. The fourth-order valence-corrected chi connectivity index (χ4v) is 16.0. The Morgan fingerprint density at radius 1 is 0.439 bits per heavy atom. The van der Waals surface area contributed by atoms with Gasteiger partial charge in [0.05, 0.1) is 28.1 Å². The van der Waals surface area contributed by atoms with Gasteiger partial charge >= 0.3 is 0 Å². The molecule has 6 heterocycles. The van der Waals surface area contributed by atoms with E-state index in [4.69, 9.17) is 9.47 Å². The van der Waals surface area contributed by atoms with Crippen LogP contribution in [-0.4, -0.2) is 18.0 Å². The fourth-order valence-electron chi connectivity index (χ4n) is 14.7. The van der Waals surface area contributed by atoms with Gasteiger partial charge in [0.25, 0.3) is 13.4 Å². The highest BCUT2D eigenvalue weighted by atomic mass is 32.1. The second-order valence-corrected chi connectivity index (χ2v) is 23.8. The second-order valence-electron chi connectivity index (χ2n) is 22.7. The maximum Gasteiger partial charge on any atom is 0.268 e. The molecule has 18 rings (SSSR count). The van der Waals surface area contributed by atoms with Crippen LogP contribution < -0.4 is 50.8 Å². The first-order chi connectivity index (χ1) is 40.5. The van der Waals surface area contributed by atoms with Crippen LogP contribution in [0.1, 0.15) is 25.0 Å². The summed E-state index contributed by atoms with van der Waals surface area (Å²) in [6, 6.07) is 92.8. The third kappa shape index (κ3) is 6.26. The van der Waals surface area contributed by atoms with E-state index >= 15 is 0 Å². The van der Waals surface area contributed by atoms with E-state index in [1.54, 1.807) is 0 Å². The number of para-hydroxylation sites is 6. The maximum absolute atomic E-state index is 7.64. The Balaban J connectivity index is 0.944. The molecule has 0 unspecified atom stereocenters. The summed E-state index contributed by atoms with van der Waals surface area (Å²) in [5.41, 5.74) is 21.5. The predicted molar refractivity (Wildman–Crippen MR) is 343 cm³/mol. The molecule has 0 amide bonds. The van der Waals surface area contributed by atoms with Gasteiger partial charge in [-0.2, -0.15) is 0 Å². The fraction of sp³-hybridized carbons (Fsp3) is 0.0411. The van der Waals surface area contributed by atoms with Gasteiger partial charge in [0.1, 0.15) is 23.0 Å². The quantitative estimate of drug-likeness (QED) is 0.155. The number of nitrogens with zero attached hydrogens (tertiary/aromatic N) is 4. The average Bonchev–Trinajstić information content (AvgIpc) is 1.56. The van der Waals surface area contributed by atoms with Crippen LogP contribution in [0, 0.1) is 0 Å². The number of rotatable bonds is 6. The number of fused-ring (bicyclic) bond motifs is 15. The van der Waals surface area contributed by atoms with Crippen LogP contribution in [0.4, 0.5) is 45.5 Å². The third-order valence-electron chi connectivity index (χ3n) is 18.0. The van der Waals surface area contributed by atoms with Gasteiger partial charge < -0.3 is 28.7 Å². The number of anilines is 8. The Hall–Kier alpha value is -9.95. The molecule has 0 N–H and O–H groups in total. The highest BCUT2D eigenvalue weighted by Gasteiger charge is 2.54. The van der Waals surface area contributed by atoms with E-state index in [9.17, 15) is 0 Å². The van der Waals surface area contributed by atoms with E-state index in [2.05, 4.69) is 288 Å². The summed E-state index contributed by atoms with van der Waals surface area (Å²) in [6.07, 6.45) is 0. The molecule has 82 heavy (non-hydrogen) atoms. The Morgan fingerprint density at radius 3 is 1.70 bits per heavy atom. The highest BCUT2D eigenvalue weighted by molar-refractivity contribution is 7.33. The van der Waals surface area contributed by atoms with Gasteiger partial charge in [-0.15, -0.1) is 11.3 Å². The lowest BCUT2D eigenvalue weighted by Gasteiger charge is -2.44. The largest absolute Gasteiger partial charge is 0.458 e. The van der Waals surface area contributed by atoms with Crippen molar-refractivity contribution in [3.63, 3.8) is 0 Å². The Kier molecular flexibility index (Phi) is 9.53. The average molecular weight is 1070 g/mol. The Labute approximate surface area is 479 Å². The molecular weight excluding hydrogens is 1020 g/mol. The van der Waals surface area contributed by atoms with Gasteiger partial charge in [-0.1, -0.05) is 177 Å². The molecule has 5 aliphatic rings. The molecule has 384 valence electrons. The number of hydrogen-bond acceptors (Lipinski definition) is 6. The van der Waals surface area contributed by atoms with Crippen LogP contribution in [0.25, 0.3) is 43.3 Å². The molecule has 1 aliphatic carbocycles. The molecular formula is C73H48B2N4O2S. The number of benzene rings is 11. The molecule has 11 aromatic carbocycles. The van der Waals surface area contributed by atoms with Crippen molar-refractivity contribution < 1.29 is 9.47 Å². The van der Waals surface area contributed by atoms with E-state index < -0.39 is 0 Å². The van der Waals surface area contributed by atoms with Crippen molar-refractivity contribution in [1.82, 2.24) is 4.57 Å². The van der Waals surface area contributed by atoms with Crippen LogP contribution in [0.2, 0.25) is 0 Å². The van der Waals surface area contributed by atoms with Crippen molar-refractivity contribution in [1.29, 1.82) is 0 Å². The van der Waals surface area contributed by atoms with Gasteiger partial charge in [-0.25, -0.2) is 0 Å². The van der Waals surface area contributed by atoms with Crippen molar-refractivity contribution in [3.8, 4) is 28.7 Å². The lowest BCUT2D eigenvalue weighted by molar-refractivity contribution is 0.466. The minimum atomic E-state index is -0.365. The molecule has 0 spiro atoms. The standard InChI is InChI=1S/C73H48B2N4O2S/c1-73(2)54-37-21-18-34-51(54)68-71(73)74-55-42-56-61(44-60(55)80-62-41-50(40-59(66(62)74)78(68)48-30-14-6-15-31-48)76(45-24-8-3-9-25-45)46-26-10-4-11-27-46)81-63-43-58-65(52-35-19-22-38-57(52)77(58)47-28-12-5-13-29-47)70-67(63)75(56)72-69(53-36-20-23-39-64(53)82-72)79(70)49-32-16-7-17-33-49/h3-44H,1-2H3. The van der Waals surface area contributed by atoms with Crippen LogP contribution in [-0.2, 0) is 5.41 Å². The van der Waals surface area contributed by atoms with Gasteiger partial charge in [0.2, 0.25) is 0 Å². The van der Waals surface area contributed by atoms with Crippen molar-refractivity contribution >= 4 is 134 Å². The zero-order valence-electron chi connectivity index (χ0n) is 44.9. The van der Waals surface area contributed by atoms with Crippen LogP contribution in [0.15, 0.2) is 260 Å². The summed E-state index contributed by atoms with van der Waals surface area (Å²) in [5.74, 6) is 3.29. The van der Waals surface area contributed by atoms with Gasteiger partial charge in [-0.3, -0.25) is 0 Å². The van der Waals surface area contributed by atoms with Crippen LogP contribution in [0.5, 0.6) is 23.0 Å². The smallest absolute Gasteiger partial charge is 0.268 e. The number of aromatic nitrogens is 1. The maximum atomic E-state index is 7.64. The highest BCUT2D eigenvalue weighted by Crippen LogP contribution is 2.57. The minimum Gasteiger partial charge on any atom is -0.458 e. The normalized spacial score (nSPS) is 14.6. The summed E-state index contributed by atoms with van der Waals surface area (Å²) in [6.45, 7) is 4.52. The molecule has 6 nitrogen and oxygen atoms in total. The zero-order chi connectivity index (χ0) is 53.9. The van der Waals surface area contributed by atoms with Crippen molar-refractivity contribution in [2.75, 3.05) is 14.7 Å². The monoisotopic (exact) mass is 1070 g/mol. The Bertz CT molecular complexity index is 4830. The van der Waals surface area contributed by atoms with Gasteiger partial charge in [-0.05, 0) is 106 Å². The molecule has 0 fully saturated rings. The van der Waals surface area contributed by atoms with Gasteiger partial charge in [0, 0.05) is 94.6 Å². The molecule has 0 bridgehead atoms. The van der Waals surface area contributed by atoms with Crippen molar-refractivity contribution in [2.45, 2.75) is 19.3 Å². The third-order valence-corrected chi connectivity index (χ3v) is 19.2. The minimum absolute atomic E-state index is 0.171. The molecule has 0 atom stereocenters. The molecule has 13 aromatic rings. The topological polar surface area (TPSA) is 33.1 Å². The van der Waals surface area contributed by atoms with E-state index in [0.29, 0.717) is 0 Å². The number of ether oxygens (including phenoxy) is 2. The van der Waals surface area contributed by atoms with Crippen LogP contribution in [0.3, 0.4) is 0 Å². The molecule has 0 saturated heterocycles. The van der Waals surface area contributed by atoms with Crippen molar-refractivity contribution in [2.24, 2.45) is 0 Å². The Morgan fingerprint density at radius 2 is 1.00 bits per heavy atom. The van der Waals surface area contributed by atoms with Crippen LogP contribution >= 0.6 is 11.3 Å². The van der Waals surface area contributed by atoms with Gasteiger partial charge in [0.15, 0.2) is 0 Å². The molecule has 2 aromatic heterocycles. The summed E-state index contributed by atoms with van der Waals surface area (Å²) in [7, 11) is 0. The summed E-state index contributed by atoms with van der Waals surface area (Å²) >= 11 is 1.91. The summed E-state index contributed by atoms with van der Waals surface area (Å²) in [5, 5.41) is 3.63. The first-order valence-corrected chi connectivity index (χ1v) is 29.1. The molecule has 9 heteroatoms. The lowest BCUT2D eigenvalue weighted by atomic mass is 9.29. The van der Waals surface area contributed by atoms with Crippen molar-refractivity contribution in [3.05, 3.63) is 271 Å². The molecule has 0 radical (unpaired) electrons. The SMILES string of the molecule is CC1(C)C2=C(c3ccccc31)N(c1ccccc1)c1cc(N(c3ccccc3)c3ccccc3)cc3c1B2c1cc2c(cc1O3)Oc1cc3c(c4c1B2c1sc2ccccc2c1N4c1ccccc1)c1ccccc1n3-c1ccccc1. The second kappa shape index (κ2) is 17.0. The number of hydrogen-bond donors (Lipinski definition) is 0. The predicted octanol–water partition coefficient (Wildman–Crippen LogP) is 16.0. The van der Waals surface area contributed by atoms with E-state index in [-0.39, 0.29) is 18.8 Å². The zero-order valence-corrected chi connectivity index (χ0v) is 45.7. The number of thiophene rings is 1.